The molecule has 0 spiro atoms. The highest BCUT2D eigenvalue weighted by atomic mass is 16.2. The van der Waals surface area contributed by atoms with Crippen molar-refractivity contribution in [2.24, 2.45) is 0 Å². The van der Waals surface area contributed by atoms with E-state index in [2.05, 4.69) is 28.4 Å². The Balaban J connectivity index is 1.68. The Labute approximate surface area is 112 Å². The Morgan fingerprint density at radius 2 is 1.89 bits per heavy atom. The van der Waals surface area contributed by atoms with E-state index in [4.69, 9.17) is 0 Å². The monoisotopic (exact) mass is 259 g/mol. The lowest BCUT2D eigenvalue weighted by molar-refractivity contribution is -0.131. The van der Waals surface area contributed by atoms with Crippen molar-refractivity contribution in [3.05, 3.63) is 35.4 Å². The van der Waals surface area contributed by atoms with Crippen LogP contribution in [0.4, 0.5) is 4.79 Å². The van der Waals surface area contributed by atoms with Crippen LogP contribution in [0.15, 0.2) is 24.3 Å². The summed E-state index contributed by atoms with van der Waals surface area (Å²) in [5, 5.41) is 2.71. The van der Waals surface area contributed by atoms with Crippen LogP contribution in [0, 0.1) is 0 Å². The smallest absolute Gasteiger partial charge is 0.325 e. The van der Waals surface area contributed by atoms with E-state index in [9.17, 15) is 9.59 Å². The largest absolute Gasteiger partial charge is 0.337 e. The normalized spacial score (nSPS) is 20.1. The number of hydrogen-bond acceptors (Lipinski definition) is 3. The van der Waals surface area contributed by atoms with Crippen LogP contribution in [0.3, 0.4) is 0 Å². The summed E-state index contributed by atoms with van der Waals surface area (Å²) in [7, 11) is 0. The van der Waals surface area contributed by atoms with Gasteiger partial charge in [0.05, 0.1) is 6.67 Å². The Morgan fingerprint density at radius 3 is 2.68 bits per heavy atom. The molecule has 2 aliphatic heterocycles. The van der Waals surface area contributed by atoms with Crippen LogP contribution in [0.25, 0.3) is 0 Å². The van der Waals surface area contributed by atoms with Crippen molar-refractivity contribution in [1.29, 1.82) is 0 Å². The van der Waals surface area contributed by atoms with Crippen molar-refractivity contribution in [1.82, 2.24) is 15.1 Å². The molecule has 19 heavy (non-hydrogen) atoms. The van der Waals surface area contributed by atoms with Gasteiger partial charge >= 0.3 is 6.03 Å². The Hall–Kier alpha value is -1.88. The minimum Gasteiger partial charge on any atom is -0.337 e. The van der Waals surface area contributed by atoms with Gasteiger partial charge in [0.15, 0.2) is 0 Å². The molecule has 1 N–H and O–H groups in total. The van der Waals surface area contributed by atoms with Crippen LogP contribution >= 0.6 is 0 Å². The maximum atomic E-state index is 11.8. The highest BCUT2D eigenvalue weighted by molar-refractivity contribution is 5.96. The third kappa shape index (κ3) is 2.46. The van der Waals surface area contributed by atoms with Crippen molar-refractivity contribution in [3.8, 4) is 0 Å². The molecule has 0 radical (unpaired) electrons. The third-order valence-electron chi connectivity index (χ3n) is 3.71. The number of rotatable bonds is 2. The molecule has 0 bridgehead atoms. The predicted octanol–water partition coefficient (Wildman–Crippen LogP) is 0.944. The molecule has 3 rings (SSSR count). The number of amides is 3. The van der Waals surface area contributed by atoms with Crippen LogP contribution in [0.2, 0.25) is 0 Å². The van der Waals surface area contributed by atoms with Gasteiger partial charge in [0.25, 0.3) is 0 Å². The summed E-state index contributed by atoms with van der Waals surface area (Å²) in [4.78, 5) is 26.9. The lowest BCUT2D eigenvalue weighted by Crippen LogP contribution is -2.54. The standard InChI is InChI=1S/C14H17N3O2/c18-13-5-7-15-14(19)17(13)10-16-8-6-11-3-1-2-4-12(11)9-16/h1-4H,5-10H2,(H,15,19). The van der Waals surface area contributed by atoms with Crippen molar-refractivity contribution in [3.63, 3.8) is 0 Å². The van der Waals surface area contributed by atoms with Gasteiger partial charge in [-0.2, -0.15) is 0 Å². The molecule has 1 aromatic carbocycles. The molecule has 100 valence electrons. The van der Waals surface area contributed by atoms with E-state index in [-0.39, 0.29) is 11.9 Å². The van der Waals surface area contributed by atoms with Gasteiger partial charge in [0.1, 0.15) is 0 Å². The molecule has 1 fully saturated rings. The zero-order valence-corrected chi connectivity index (χ0v) is 10.8. The molecular formula is C14H17N3O2. The fourth-order valence-electron chi connectivity index (χ4n) is 2.64. The lowest BCUT2D eigenvalue weighted by atomic mass is 10.0. The second-order valence-corrected chi connectivity index (χ2v) is 5.02. The molecule has 0 aromatic heterocycles. The van der Waals surface area contributed by atoms with Crippen molar-refractivity contribution in [2.45, 2.75) is 19.4 Å². The van der Waals surface area contributed by atoms with Crippen molar-refractivity contribution in [2.75, 3.05) is 19.8 Å². The number of hydrogen-bond donors (Lipinski definition) is 1. The summed E-state index contributed by atoms with van der Waals surface area (Å²) in [6, 6.07) is 8.07. The van der Waals surface area contributed by atoms with Gasteiger partial charge in [-0.15, -0.1) is 0 Å². The number of carbonyl (C=O) groups excluding carboxylic acids is 2. The quantitative estimate of drug-likeness (QED) is 0.860. The first kappa shape index (κ1) is 12.2. The summed E-state index contributed by atoms with van der Waals surface area (Å²) in [5.41, 5.74) is 2.66. The minimum atomic E-state index is -0.268. The number of urea groups is 1. The summed E-state index contributed by atoms with van der Waals surface area (Å²) in [6.45, 7) is 2.53. The average molecular weight is 259 g/mol. The lowest BCUT2D eigenvalue weighted by Gasteiger charge is -2.34. The first-order valence-electron chi connectivity index (χ1n) is 6.61. The number of benzene rings is 1. The molecule has 1 saturated heterocycles. The number of carbonyl (C=O) groups is 2. The Kier molecular flexibility index (Phi) is 3.21. The molecule has 0 saturated carbocycles. The molecule has 2 heterocycles. The fraction of sp³-hybridized carbons (Fsp3) is 0.429. The molecule has 3 amide bonds. The van der Waals surface area contributed by atoms with E-state index < -0.39 is 0 Å². The van der Waals surface area contributed by atoms with E-state index in [1.54, 1.807) is 0 Å². The third-order valence-corrected chi connectivity index (χ3v) is 3.71. The van der Waals surface area contributed by atoms with E-state index in [0.717, 1.165) is 19.5 Å². The molecule has 2 aliphatic rings. The van der Waals surface area contributed by atoms with Crippen LogP contribution in [-0.4, -0.2) is 41.5 Å². The van der Waals surface area contributed by atoms with E-state index in [0.29, 0.717) is 19.6 Å². The molecule has 0 aliphatic carbocycles. The molecule has 0 atom stereocenters. The highest BCUT2D eigenvalue weighted by Crippen LogP contribution is 2.19. The second-order valence-electron chi connectivity index (χ2n) is 5.02. The highest BCUT2D eigenvalue weighted by Gasteiger charge is 2.28. The average Bonchev–Trinajstić information content (AvgIpc) is 2.43. The summed E-state index contributed by atoms with van der Waals surface area (Å²) < 4.78 is 0. The molecule has 1 aromatic rings. The van der Waals surface area contributed by atoms with Crippen molar-refractivity contribution >= 4 is 11.9 Å². The summed E-state index contributed by atoms with van der Waals surface area (Å²) in [6.07, 6.45) is 1.37. The number of fused-ring (bicyclic) bond motifs is 1. The van der Waals surface area contributed by atoms with Gasteiger partial charge in [-0.05, 0) is 17.5 Å². The summed E-state index contributed by atoms with van der Waals surface area (Å²) >= 11 is 0. The van der Waals surface area contributed by atoms with Gasteiger partial charge in [0.2, 0.25) is 5.91 Å². The van der Waals surface area contributed by atoms with Gasteiger partial charge in [-0.25, -0.2) is 4.79 Å². The molecule has 0 unspecified atom stereocenters. The van der Waals surface area contributed by atoms with Gasteiger partial charge < -0.3 is 5.32 Å². The minimum absolute atomic E-state index is 0.0809. The van der Waals surface area contributed by atoms with E-state index >= 15 is 0 Å². The zero-order chi connectivity index (χ0) is 13.2. The first-order valence-corrected chi connectivity index (χ1v) is 6.61. The first-order chi connectivity index (χ1) is 9.24. The van der Waals surface area contributed by atoms with E-state index in [1.807, 2.05) is 6.07 Å². The van der Waals surface area contributed by atoms with Crippen LogP contribution in [0.1, 0.15) is 17.5 Å². The number of imide groups is 1. The van der Waals surface area contributed by atoms with E-state index in [1.165, 1.54) is 16.0 Å². The number of nitrogens with zero attached hydrogens (tertiary/aromatic N) is 2. The fourth-order valence-corrected chi connectivity index (χ4v) is 2.64. The topological polar surface area (TPSA) is 52.7 Å². The van der Waals surface area contributed by atoms with Crippen LogP contribution in [0.5, 0.6) is 0 Å². The Bertz CT molecular complexity index is 499. The molecule has 5 nitrogen and oxygen atoms in total. The van der Waals surface area contributed by atoms with Gasteiger partial charge in [0, 0.05) is 26.1 Å². The number of nitrogens with one attached hydrogen (secondary N) is 1. The van der Waals surface area contributed by atoms with Crippen LogP contribution < -0.4 is 5.32 Å². The maximum Gasteiger partial charge on any atom is 0.325 e. The molecule has 5 heteroatoms. The molecular weight excluding hydrogens is 242 g/mol. The zero-order valence-electron chi connectivity index (χ0n) is 10.8. The second kappa shape index (κ2) is 5.01. The van der Waals surface area contributed by atoms with Crippen molar-refractivity contribution < 1.29 is 9.59 Å². The van der Waals surface area contributed by atoms with Gasteiger partial charge in [-0.1, -0.05) is 24.3 Å². The summed E-state index contributed by atoms with van der Waals surface area (Å²) in [5.74, 6) is -0.0809. The van der Waals surface area contributed by atoms with Gasteiger partial charge in [-0.3, -0.25) is 14.6 Å². The SMILES string of the molecule is O=C1CCNC(=O)N1CN1CCc2ccccc2C1. The predicted molar refractivity (Wildman–Crippen MR) is 70.3 cm³/mol. The maximum absolute atomic E-state index is 11.8. The van der Waals surface area contributed by atoms with Crippen LogP contribution in [-0.2, 0) is 17.8 Å². The Morgan fingerprint density at radius 1 is 1.11 bits per heavy atom.